The number of thiocarbonyl (C=S) groups is 1. The fraction of sp³-hybridized carbons (Fsp3) is 0.316. The summed E-state index contributed by atoms with van der Waals surface area (Å²) in [5.74, 6) is 0.899. The predicted octanol–water partition coefficient (Wildman–Crippen LogP) is 2.30. The zero-order chi connectivity index (χ0) is 20.4. The van der Waals surface area contributed by atoms with Gasteiger partial charge in [-0.15, -0.1) is 0 Å². The van der Waals surface area contributed by atoms with E-state index in [9.17, 15) is 12.8 Å². The standard InChI is InChI=1S/C19H20FN3O4S2/c20-14-1-4-16(5-2-14)29(24,25)23-9-7-22(8-10-23)19(28)21-15-3-6-17-18(13-15)27-12-11-26-17/h1-6,13H,7-12H2,(H,21,28). The number of halogens is 1. The number of sulfonamides is 1. The number of rotatable bonds is 3. The molecule has 2 aromatic rings. The van der Waals surface area contributed by atoms with E-state index >= 15 is 0 Å². The molecule has 0 bridgehead atoms. The Morgan fingerprint density at radius 1 is 0.966 bits per heavy atom. The van der Waals surface area contributed by atoms with Crippen molar-refractivity contribution in [2.75, 3.05) is 44.7 Å². The molecule has 4 rings (SSSR count). The van der Waals surface area contributed by atoms with Gasteiger partial charge in [-0.25, -0.2) is 12.8 Å². The van der Waals surface area contributed by atoms with Crippen molar-refractivity contribution in [2.45, 2.75) is 4.90 Å². The molecule has 29 heavy (non-hydrogen) atoms. The van der Waals surface area contributed by atoms with Crippen molar-refractivity contribution >= 4 is 33.0 Å². The summed E-state index contributed by atoms with van der Waals surface area (Å²) in [5.41, 5.74) is 0.778. The zero-order valence-electron chi connectivity index (χ0n) is 15.5. The first-order valence-corrected chi connectivity index (χ1v) is 11.0. The van der Waals surface area contributed by atoms with Gasteiger partial charge < -0.3 is 19.7 Å². The van der Waals surface area contributed by atoms with Gasteiger partial charge in [0.15, 0.2) is 16.6 Å². The second kappa shape index (κ2) is 8.13. The van der Waals surface area contributed by atoms with E-state index in [2.05, 4.69) is 5.32 Å². The summed E-state index contributed by atoms with van der Waals surface area (Å²) in [6, 6.07) is 10.4. The highest BCUT2D eigenvalue weighted by molar-refractivity contribution is 7.89. The number of anilines is 1. The topological polar surface area (TPSA) is 71.1 Å². The maximum Gasteiger partial charge on any atom is 0.243 e. The molecule has 0 aromatic heterocycles. The van der Waals surface area contributed by atoms with E-state index in [-0.39, 0.29) is 4.90 Å². The number of hydrogen-bond donors (Lipinski definition) is 1. The largest absolute Gasteiger partial charge is 0.486 e. The lowest BCUT2D eigenvalue weighted by Crippen LogP contribution is -2.51. The lowest BCUT2D eigenvalue weighted by atomic mass is 10.2. The second-order valence-electron chi connectivity index (χ2n) is 6.63. The minimum absolute atomic E-state index is 0.0873. The summed E-state index contributed by atoms with van der Waals surface area (Å²) in [5, 5.41) is 3.68. The van der Waals surface area contributed by atoms with Gasteiger partial charge in [0.05, 0.1) is 4.90 Å². The summed E-state index contributed by atoms with van der Waals surface area (Å²) in [6.45, 7) is 2.54. The molecule has 1 saturated heterocycles. The van der Waals surface area contributed by atoms with E-state index in [1.165, 1.54) is 16.4 Å². The number of nitrogens with one attached hydrogen (secondary N) is 1. The van der Waals surface area contributed by atoms with Crippen LogP contribution in [0.15, 0.2) is 47.4 Å². The van der Waals surface area contributed by atoms with Gasteiger partial charge in [-0.05, 0) is 48.6 Å². The summed E-state index contributed by atoms with van der Waals surface area (Å²) < 4.78 is 51.0. The van der Waals surface area contributed by atoms with Gasteiger partial charge in [0.1, 0.15) is 19.0 Å². The molecule has 1 N–H and O–H groups in total. The molecule has 0 unspecified atom stereocenters. The molecule has 0 spiro atoms. The fourth-order valence-electron chi connectivity index (χ4n) is 3.21. The average molecular weight is 438 g/mol. The Balaban J connectivity index is 1.36. The van der Waals surface area contributed by atoms with Crippen LogP contribution in [0.5, 0.6) is 11.5 Å². The van der Waals surface area contributed by atoms with Gasteiger partial charge in [0.2, 0.25) is 10.0 Å². The van der Waals surface area contributed by atoms with Crippen molar-refractivity contribution < 1.29 is 22.3 Å². The Labute approximate surface area is 174 Å². The number of hydrogen-bond acceptors (Lipinski definition) is 5. The van der Waals surface area contributed by atoms with Crippen LogP contribution < -0.4 is 14.8 Å². The van der Waals surface area contributed by atoms with Crippen molar-refractivity contribution in [1.82, 2.24) is 9.21 Å². The molecule has 7 nitrogen and oxygen atoms in total. The summed E-state index contributed by atoms with van der Waals surface area (Å²) >= 11 is 5.48. The van der Waals surface area contributed by atoms with Crippen LogP contribution in [0.2, 0.25) is 0 Å². The van der Waals surface area contributed by atoms with Gasteiger partial charge in [-0.3, -0.25) is 0 Å². The molecular weight excluding hydrogens is 417 g/mol. The Bertz CT molecular complexity index is 1010. The highest BCUT2D eigenvalue weighted by Crippen LogP contribution is 2.32. The molecule has 10 heteroatoms. The fourth-order valence-corrected chi connectivity index (χ4v) is 4.93. The molecule has 0 saturated carbocycles. The first-order valence-electron chi connectivity index (χ1n) is 9.15. The molecule has 0 atom stereocenters. The van der Waals surface area contributed by atoms with Crippen LogP contribution in [0.1, 0.15) is 0 Å². The van der Waals surface area contributed by atoms with Crippen LogP contribution in [-0.4, -0.2) is 62.1 Å². The Morgan fingerprint density at radius 2 is 1.62 bits per heavy atom. The first-order chi connectivity index (χ1) is 13.9. The van der Waals surface area contributed by atoms with Crippen LogP contribution >= 0.6 is 12.2 Å². The third-order valence-electron chi connectivity index (χ3n) is 4.77. The molecule has 2 aliphatic rings. The SMILES string of the molecule is O=S(=O)(c1ccc(F)cc1)N1CCN(C(=S)Nc2ccc3c(c2)OCCO3)CC1. The van der Waals surface area contributed by atoms with Gasteiger partial charge in [0.25, 0.3) is 0 Å². The molecule has 2 heterocycles. The molecule has 0 radical (unpaired) electrons. The monoisotopic (exact) mass is 437 g/mol. The molecule has 1 fully saturated rings. The van der Waals surface area contributed by atoms with Crippen molar-refractivity contribution in [3.63, 3.8) is 0 Å². The van der Waals surface area contributed by atoms with Crippen molar-refractivity contribution in [3.05, 3.63) is 48.3 Å². The Morgan fingerprint density at radius 3 is 2.31 bits per heavy atom. The van der Waals surface area contributed by atoms with E-state index in [0.29, 0.717) is 56.0 Å². The Hall–Kier alpha value is -2.43. The van der Waals surface area contributed by atoms with E-state index < -0.39 is 15.8 Å². The quantitative estimate of drug-likeness (QED) is 0.739. The number of piperazine rings is 1. The first kappa shape index (κ1) is 19.9. The van der Waals surface area contributed by atoms with Gasteiger partial charge in [-0.1, -0.05) is 0 Å². The molecule has 2 aromatic carbocycles. The molecule has 0 amide bonds. The maximum atomic E-state index is 13.1. The molecule has 154 valence electrons. The zero-order valence-corrected chi connectivity index (χ0v) is 17.1. The van der Waals surface area contributed by atoms with E-state index in [4.69, 9.17) is 21.7 Å². The van der Waals surface area contributed by atoms with Crippen LogP contribution in [0.3, 0.4) is 0 Å². The van der Waals surface area contributed by atoms with Crippen LogP contribution in [0, 0.1) is 5.82 Å². The van der Waals surface area contributed by atoms with Gasteiger partial charge in [0, 0.05) is 37.9 Å². The lowest BCUT2D eigenvalue weighted by Gasteiger charge is -2.35. The maximum absolute atomic E-state index is 13.1. The van der Waals surface area contributed by atoms with Gasteiger partial charge in [-0.2, -0.15) is 4.31 Å². The van der Waals surface area contributed by atoms with Crippen molar-refractivity contribution in [3.8, 4) is 11.5 Å². The molecular formula is C19H20FN3O4S2. The van der Waals surface area contributed by atoms with Crippen LogP contribution in [-0.2, 0) is 10.0 Å². The van der Waals surface area contributed by atoms with Crippen molar-refractivity contribution in [2.24, 2.45) is 0 Å². The third kappa shape index (κ3) is 4.29. The number of benzene rings is 2. The highest BCUT2D eigenvalue weighted by Gasteiger charge is 2.29. The average Bonchev–Trinajstić information content (AvgIpc) is 2.74. The minimum atomic E-state index is -3.65. The number of fused-ring (bicyclic) bond motifs is 1. The smallest absolute Gasteiger partial charge is 0.243 e. The van der Waals surface area contributed by atoms with Crippen molar-refractivity contribution in [1.29, 1.82) is 0 Å². The summed E-state index contributed by atoms with van der Waals surface area (Å²) in [7, 11) is -3.65. The predicted molar refractivity (Wildman–Crippen MR) is 110 cm³/mol. The van der Waals surface area contributed by atoms with E-state index in [1.54, 1.807) is 0 Å². The minimum Gasteiger partial charge on any atom is -0.486 e. The van der Waals surface area contributed by atoms with Crippen LogP contribution in [0.4, 0.5) is 10.1 Å². The highest BCUT2D eigenvalue weighted by atomic mass is 32.2. The normalized spacial score (nSPS) is 17.1. The van der Waals surface area contributed by atoms with E-state index in [0.717, 1.165) is 17.8 Å². The lowest BCUT2D eigenvalue weighted by molar-refractivity contribution is 0.171. The molecule has 2 aliphatic heterocycles. The number of nitrogens with zero attached hydrogens (tertiary/aromatic N) is 2. The number of ether oxygens (including phenoxy) is 2. The third-order valence-corrected chi connectivity index (χ3v) is 7.04. The Kier molecular flexibility index (Phi) is 5.57. The summed E-state index contributed by atoms with van der Waals surface area (Å²) in [6.07, 6.45) is 0. The second-order valence-corrected chi connectivity index (χ2v) is 8.96. The van der Waals surface area contributed by atoms with Gasteiger partial charge >= 0.3 is 0 Å². The summed E-state index contributed by atoms with van der Waals surface area (Å²) in [4.78, 5) is 2.01. The van der Waals surface area contributed by atoms with Crippen LogP contribution in [0.25, 0.3) is 0 Å². The van der Waals surface area contributed by atoms with E-state index in [1.807, 2.05) is 23.1 Å². The molecule has 0 aliphatic carbocycles.